The Labute approximate surface area is 122 Å². The molecule has 0 amide bonds. The second-order valence-corrected chi connectivity index (χ2v) is 5.00. The number of halogens is 1. The normalized spacial score (nSPS) is 12.3. The molecule has 106 valence electrons. The van der Waals surface area contributed by atoms with Crippen molar-refractivity contribution in [1.82, 2.24) is 10.3 Å². The molecule has 0 radical (unpaired) electrons. The summed E-state index contributed by atoms with van der Waals surface area (Å²) in [5.74, 6) is 0. The van der Waals surface area contributed by atoms with Crippen molar-refractivity contribution in [3.05, 3.63) is 36.0 Å². The first kappa shape index (κ1) is 16.1. The molecule has 0 saturated carbocycles. The van der Waals surface area contributed by atoms with Crippen molar-refractivity contribution >= 4 is 23.3 Å². The molecule has 0 unspecified atom stereocenters. The van der Waals surface area contributed by atoms with Gasteiger partial charge in [0.2, 0.25) is 0 Å². The lowest BCUT2D eigenvalue weighted by molar-refractivity contribution is 0.474. The summed E-state index contributed by atoms with van der Waals surface area (Å²) in [7, 11) is 0. The number of hydrogen-bond donors (Lipinski definition) is 2. The van der Waals surface area contributed by atoms with E-state index in [9.17, 15) is 0 Å². The van der Waals surface area contributed by atoms with Crippen LogP contribution in [0, 0.1) is 0 Å². The summed E-state index contributed by atoms with van der Waals surface area (Å²) in [5, 5.41) is 5.03. The Kier molecular flexibility index (Phi) is 6.96. The van der Waals surface area contributed by atoms with Gasteiger partial charge in [-0.3, -0.25) is 0 Å². The maximum absolute atomic E-state index is 3.66. The first-order valence-corrected chi connectivity index (χ1v) is 7.13. The van der Waals surface area contributed by atoms with Crippen LogP contribution in [0.2, 0.25) is 0 Å². The average molecular weight is 281 g/mol. The Morgan fingerprint density at radius 3 is 2.68 bits per heavy atom. The van der Waals surface area contributed by atoms with Gasteiger partial charge in [0.25, 0.3) is 0 Å². The van der Waals surface area contributed by atoms with E-state index in [2.05, 4.69) is 54.6 Å². The fraction of sp³-hybridized carbons (Fsp3) is 0.500. The molecule has 0 saturated heterocycles. The van der Waals surface area contributed by atoms with Crippen molar-refractivity contribution in [3.8, 4) is 0 Å². The van der Waals surface area contributed by atoms with Gasteiger partial charge in [0.15, 0.2) is 0 Å². The van der Waals surface area contributed by atoms with Gasteiger partial charge in [-0.05, 0) is 37.4 Å². The Bertz CT molecular complexity index is 478. The molecular weight excluding hydrogens is 256 g/mol. The maximum Gasteiger partial charge on any atom is 0.0456 e. The third-order valence-corrected chi connectivity index (χ3v) is 3.46. The monoisotopic (exact) mass is 280 g/mol. The summed E-state index contributed by atoms with van der Waals surface area (Å²) in [6.07, 6.45) is 6.98. The van der Waals surface area contributed by atoms with E-state index in [1.807, 2.05) is 0 Å². The molecule has 0 aliphatic rings. The number of para-hydroxylation sites is 1. The smallest absolute Gasteiger partial charge is 0.0456 e. The predicted octanol–water partition coefficient (Wildman–Crippen LogP) is 4.30. The summed E-state index contributed by atoms with van der Waals surface area (Å²) in [6, 6.07) is 9.17. The largest absolute Gasteiger partial charge is 0.361 e. The van der Waals surface area contributed by atoms with Crippen molar-refractivity contribution in [2.24, 2.45) is 0 Å². The molecule has 1 heterocycles. The van der Waals surface area contributed by atoms with Crippen molar-refractivity contribution in [1.29, 1.82) is 0 Å². The number of rotatable bonds is 7. The van der Waals surface area contributed by atoms with E-state index in [4.69, 9.17) is 0 Å². The SMILES string of the molecule is CCCN[C@H](CCC)Cc1c[nH]c2ccccc12.Cl. The molecule has 1 atom stereocenters. The van der Waals surface area contributed by atoms with Crippen LogP contribution in [0.25, 0.3) is 10.9 Å². The molecule has 19 heavy (non-hydrogen) atoms. The summed E-state index contributed by atoms with van der Waals surface area (Å²) in [5.41, 5.74) is 2.69. The zero-order valence-corrected chi connectivity index (χ0v) is 12.7. The van der Waals surface area contributed by atoms with Gasteiger partial charge in [0.1, 0.15) is 0 Å². The number of H-pyrrole nitrogens is 1. The van der Waals surface area contributed by atoms with Crippen LogP contribution in [-0.2, 0) is 6.42 Å². The summed E-state index contributed by atoms with van der Waals surface area (Å²) in [6.45, 7) is 5.60. The lowest BCUT2D eigenvalue weighted by atomic mass is 10.0. The van der Waals surface area contributed by atoms with Crippen molar-refractivity contribution < 1.29 is 0 Å². The highest BCUT2D eigenvalue weighted by Gasteiger charge is 2.10. The van der Waals surface area contributed by atoms with Crippen molar-refractivity contribution in [2.45, 2.75) is 45.6 Å². The molecule has 1 aromatic heterocycles. The third-order valence-electron chi connectivity index (χ3n) is 3.46. The standard InChI is InChI=1S/C16H24N2.ClH/c1-3-7-14(17-10-4-2)11-13-12-18-16-9-6-5-8-15(13)16;/h5-6,8-9,12,14,17-18H,3-4,7,10-11H2,1-2H3;1H/t14-;/m1./s1. The molecule has 0 fully saturated rings. The predicted molar refractivity (Wildman–Crippen MR) is 86.2 cm³/mol. The van der Waals surface area contributed by atoms with Crippen molar-refractivity contribution in [2.75, 3.05) is 6.54 Å². The number of aromatic amines is 1. The number of benzene rings is 1. The Morgan fingerprint density at radius 1 is 1.16 bits per heavy atom. The van der Waals surface area contributed by atoms with Gasteiger partial charge in [-0.15, -0.1) is 12.4 Å². The van der Waals surface area contributed by atoms with Crippen LogP contribution in [0.5, 0.6) is 0 Å². The zero-order valence-electron chi connectivity index (χ0n) is 11.9. The molecule has 2 N–H and O–H groups in total. The molecule has 0 aliphatic carbocycles. The van der Waals surface area contributed by atoms with Gasteiger partial charge >= 0.3 is 0 Å². The lowest BCUT2D eigenvalue weighted by Gasteiger charge is -2.17. The Morgan fingerprint density at radius 2 is 1.95 bits per heavy atom. The van der Waals surface area contributed by atoms with Gasteiger partial charge in [0, 0.05) is 23.1 Å². The minimum absolute atomic E-state index is 0. The van der Waals surface area contributed by atoms with Crippen LogP contribution >= 0.6 is 12.4 Å². The minimum atomic E-state index is 0. The third kappa shape index (κ3) is 4.26. The molecule has 0 spiro atoms. The maximum atomic E-state index is 3.66. The number of nitrogens with one attached hydrogen (secondary N) is 2. The van der Waals surface area contributed by atoms with Crippen LogP contribution < -0.4 is 5.32 Å². The highest BCUT2D eigenvalue weighted by Crippen LogP contribution is 2.20. The van der Waals surface area contributed by atoms with Crippen LogP contribution in [0.4, 0.5) is 0 Å². The van der Waals surface area contributed by atoms with E-state index < -0.39 is 0 Å². The van der Waals surface area contributed by atoms with E-state index >= 15 is 0 Å². The molecule has 1 aromatic carbocycles. The molecule has 3 heteroatoms. The summed E-state index contributed by atoms with van der Waals surface area (Å²) < 4.78 is 0. The molecule has 2 nitrogen and oxygen atoms in total. The molecule has 2 rings (SSSR count). The molecular formula is C16H25ClN2. The average Bonchev–Trinajstić information content (AvgIpc) is 2.80. The van der Waals surface area contributed by atoms with E-state index in [0.29, 0.717) is 6.04 Å². The van der Waals surface area contributed by atoms with Crippen LogP contribution in [0.15, 0.2) is 30.5 Å². The van der Waals surface area contributed by atoms with Gasteiger partial charge in [-0.25, -0.2) is 0 Å². The number of hydrogen-bond acceptors (Lipinski definition) is 1. The van der Waals surface area contributed by atoms with E-state index in [-0.39, 0.29) is 12.4 Å². The van der Waals surface area contributed by atoms with Gasteiger partial charge < -0.3 is 10.3 Å². The van der Waals surface area contributed by atoms with Crippen molar-refractivity contribution in [3.63, 3.8) is 0 Å². The number of fused-ring (bicyclic) bond motifs is 1. The van der Waals surface area contributed by atoms with E-state index in [1.165, 1.54) is 35.7 Å². The topological polar surface area (TPSA) is 27.8 Å². The Balaban J connectivity index is 0.00000180. The van der Waals surface area contributed by atoms with Gasteiger partial charge in [-0.2, -0.15) is 0 Å². The van der Waals surface area contributed by atoms with Crippen LogP contribution in [-0.4, -0.2) is 17.6 Å². The second-order valence-electron chi connectivity index (χ2n) is 5.00. The fourth-order valence-corrected chi connectivity index (χ4v) is 2.54. The fourth-order valence-electron chi connectivity index (χ4n) is 2.54. The van der Waals surface area contributed by atoms with E-state index in [1.54, 1.807) is 0 Å². The van der Waals surface area contributed by atoms with Crippen LogP contribution in [0.3, 0.4) is 0 Å². The minimum Gasteiger partial charge on any atom is -0.361 e. The molecule has 0 aliphatic heterocycles. The summed E-state index contributed by atoms with van der Waals surface area (Å²) >= 11 is 0. The molecule has 0 bridgehead atoms. The molecule has 2 aromatic rings. The quantitative estimate of drug-likeness (QED) is 0.777. The van der Waals surface area contributed by atoms with Crippen LogP contribution in [0.1, 0.15) is 38.7 Å². The van der Waals surface area contributed by atoms with Gasteiger partial charge in [0.05, 0.1) is 0 Å². The lowest BCUT2D eigenvalue weighted by Crippen LogP contribution is -2.31. The second kappa shape index (κ2) is 8.23. The highest BCUT2D eigenvalue weighted by atomic mass is 35.5. The van der Waals surface area contributed by atoms with Gasteiger partial charge in [-0.1, -0.05) is 38.5 Å². The first-order chi connectivity index (χ1) is 8.85. The Hall–Kier alpha value is -0.990. The highest BCUT2D eigenvalue weighted by molar-refractivity contribution is 5.85. The van der Waals surface area contributed by atoms with E-state index in [0.717, 1.165) is 13.0 Å². The summed E-state index contributed by atoms with van der Waals surface area (Å²) in [4.78, 5) is 3.36. The number of aromatic nitrogens is 1. The first-order valence-electron chi connectivity index (χ1n) is 7.13. The zero-order chi connectivity index (χ0) is 12.8.